The van der Waals surface area contributed by atoms with Crippen LogP contribution in [-0.4, -0.2) is 66.6 Å². The van der Waals surface area contributed by atoms with Crippen LogP contribution >= 0.6 is 0 Å². The van der Waals surface area contributed by atoms with E-state index >= 15 is 0 Å². The number of nitrogens with two attached hydrogens (primary N) is 1. The number of aromatic nitrogens is 1. The zero-order valence-electron chi connectivity index (χ0n) is 20.0. The third-order valence-electron chi connectivity index (χ3n) is 6.44. The highest BCUT2D eigenvalue weighted by Gasteiger charge is 2.25. The van der Waals surface area contributed by atoms with E-state index in [1.165, 1.54) is 0 Å². The first-order valence-electron chi connectivity index (χ1n) is 11.9. The molecule has 1 aromatic heterocycles. The van der Waals surface area contributed by atoms with Crippen molar-refractivity contribution in [1.29, 1.82) is 0 Å². The van der Waals surface area contributed by atoms with E-state index in [0.29, 0.717) is 56.0 Å². The summed E-state index contributed by atoms with van der Waals surface area (Å²) in [7, 11) is 0. The Morgan fingerprint density at radius 3 is 2.49 bits per heavy atom. The number of carbonyl (C=O) groups is 3. The van der Waals surface area contributed by atoms with Crippen LogP contribution in [0, 0.1) is 6.92 Å². The highest BCUT2D eigenvalue weighted by Crippen LogP contribution is 2.31. The van der Waals surface area contributed by atoms with Gasteiger partial charge in [-0.1, -0.05) is 42.5 Å². The number of primary amides is 1. The number of ketones is 1. The predicted octanol–water partition coefficient (Wildman–Crippen LogP) is 2.47. The van der Waals surface area contributed by atoms with Gasteiger partial charge in [0.15, 0.2) is 0 Å². The van der Waals surface area contributed by atoms with Crippen molar-refractivity contribution in [3.8, 4) is 0 Å². The van der Waals surface area contributed by atoms with Gasteiger partial charge in [-0.15, -0.1) is 0 Å². The van der Waals surface area contributed by atoms with Crippen LogP contribution in [0.25, 0.3) is 10.9 Å². The van der Waals surface area contributed by atoms with Crippen LogP contribution in [-0.2, 0) is 32.0 Å². The summed E-state index contributed by atoms with van der Waals surface area (Å²) >= 11 is 0. The molecular formula is C27H31N3O5. The standard InChI is InChI=1S/C27H31N3O5/c1-19-24(26(32)27(28)33)25-21(10-11-23(31)35-17-14-29-12-15-34-16-13-29)8-5-9-22(25)30(19)18-20-6-3-2-4-7-20/h2-9H,10-18H2,1H3,(H2,28,33). The lowest BCUT2D eigenvalue weighted by molar-refractivity contribution is -0.144. The second-order valence-corrected chi connectivity index (χ2v) is 8.71. The van der Waals surface area contributed by atoms with E-state index in [9.17, 15) is 14.4 Å². The molecule has 2 aromatic carbocycles. The van der Waals surface area contributed by atoms with Gasteiger partial charge in [0.05, 0.1) is 18.8 Å². The quantitative estimate of drug-likeness (QED) is 0.273. The summed E-state index contributed by atoms with van der Waals surface area (Å²) in [6.07, 6.45) is 0.566. The van der Waals surface area contributed by atoms with Crippen molar-refractivity contribution >= 4 is 28.6 Å². The van der Waals surface area contributed by atoms with Crippen LogP contribution in [0.5, 0.6) is 0 Å². The molecular weight excluding hydrogens is 446 g/mol. The Balaban J connectivity index is 1.54. The molecule has 0 radical (unpaired) electrons. The Morgan fingerprint density at radius 1 is 1.03 bits per heavy atom. The lowest BCUT2D eigenvalue weighted by atomic mass is 9.98. The normalized spacial score (nSPS) is 14.2. The number of fused-ring (bicyclic) bond motifs is 1. The number of hydrogen-bond donors (Lipinski definition) is 1. The maximum Gasteiger partial charge on any atom is 0.306 e. The fourth-order valence-corrected chi connectivity index (χ4v) is 4.60. The number of benzene rings is 2. The van der Waals surface area contributed by atoms with Crippen molar-refractivity contribution in [3.05, 3.63) is 70.9 Å². The number of aryl methyl sites for hydroxylation is 1. The Hall–Kier alpha value is -3.49. The average Bonchev–Trinajstić information content (AvgIpc) is 3.15. The monoisotopic (exact) mass is 477 g/mol. The van der Waals surface area contributed by atoms with E-state index in [0.717, 1.165) is 29.7 Å². The maximum absolute atomic E-state index is 12.8. The topological polar surface area (TPSA) is 104 Å². The van der Waals surface area contributed by atoms with Gasteiger partial charge in [0.1, 0.15) is 6.61 Å². The number of Topliss-reactive ketones (excluding diaryl/α,β-unsaturated/α-hetero) is 1. The lowest BCUT2D eigenvalue weighted by Crippen LogP contribution is -2.38. The van der Waals surface area contributed by atoms with Crippen LogP contribution in [0.3, 0.4) is 0 Å². The average molecular weight is 478 g/mol. The highest BCUT2D eigenvalue weighted by atomic mass is 16.5. The molecule has 35 heavy (non-hydrogen) atoms. The van der Waals surface area contributed by atoms with Gasteiger partial charge in [-0.2, -0.15) is 0 Å². The van der Waals surface area contributed by atoms with Gasteiger partial charge < -0.3 is 19.8 Å². The van der Waals surface area contributed by atoms with Gasteiger partial charge in [-0.3, -0.25) is 19.3 Å². The number of rotatable bonds is 10. The second kappa shape index (κ2) is 11.3. The molecule has 1 aliphatic rings. The summed E-state index contributed by atoms with van der Waals surface area (Å²) < 4.78 is 12.8. The maximum atomic E-state index is 12.8. The molecule has 3 aromatic rings. The number of hydrogen-bond acceptors (Lipinski definition) is 6. The number of ether oxygens (including phenoxy) is 2. The molecule has 2 heterocycles. The first kappa shape index (κ1) is 24.6. The zero-order valence-corrected chi connectivity index (χ0v) is 20.0. The number of carbonyl (C=O) groups excluding carboxylic acids is 3. The third kappa shape index (κ3) is 5.78. The molecule has 0 atom stereocenters. The van der Waals surface area contributed by atoms with Crippen LogP contribution in [0.15, 0.2) is 48.5 Å². The summed E-state index contributed by atoms with van der Waals surface area (Å²) in [4.78, 5) is 39.3. The Labute approximate surface area is 204 Å². The second-order valence-electron chi connectivity index (χ2n) is 8.71. The largest absolute Gasteiger partial charge is 0.464 e. The summed E-state index contributed by atoms with van der Waals surface area (Å²) in [5, 5.41) is 0.672. The van der Waals surface area contributed by atoms with Crippen LogP contribution < -0.4 is 5.73 Å². The highest BCUT2D eigenvalue weighted by molar-refractivity contribution is 6.45. The summed E-state index contributed by atoms with van der Waals surface area (Å²) in [5.41, 5.74) is 9.08. The third-order valence-corrected chi connectivity index (χ3v) is 6.44. The number of amides is 1. The minimum atomic E-state index is -0.996. The van der Waals surface area contributed by atoms with Gasteiger partial charge in [0.2, 0.25) is 0 Å². The summed E-state index contributed by atoms with van der Waals surface area (Å²) in [6.45, 7) is 6.47. The molecule has 2 N–H and O–H groups in total. The van der Waals surface area contributed by atoms with Crippen molar-refractivity contribution in [2.24, 2.45) is 5.73 Å². The fraction of sp³-hybridized carbons (Fsp3) is 0.370. The number of esters is 1. The molecule has 8 nitrogen and oxygen atoms in total. The molecule has 4 rings (SSSR count). The number of nitrogens with zero attached hydrogens (tertiary/aromatic N) is 2. The molecule has 0 unspecified atom stereocenters. The molecule has 184 valence electrons. The molecule has 1 fully saturated rings. The molecule has 0 saturated carbocycles. The smallest absolute Gasteiger partial charge is 0.306 e. The van der Waals surface area contributed by atoms with Gasteiger partial charge >= 0.3 is 5.97 Å². The first-order valence-corrected chi connectivity index (χ1v) is 11.9. The molecule has 8 heteroatoms. The van der Waals surface area contributed by atoms with Crippen LogP contribution in [0.2, 0.25) is 0 Å². The molecule has 0 bridgehead atoms. The Morgan fingerprint density at radius 2 is 1.77 bits per heavy atom. The SMILES string of the molecule is Cc1c(C(=O)C(N)=O)c2c(CCC(=O)OCCN3CCOCC3)cccc2n1Cc1ccccc1. The fourth-order valence-electron chi connectivity index (χ4n) is 4.60. The molecule has 1 aliphatic heterocycles. The van der Waals surface area contributed by atoms with Crippen LogP contribution in [0.4, 0.5) is 0 Å². The summed E-state index contributed by atoms with van der Waals surface area (Å²) in [6, 6.07) is 15.6. The van der Waals surface area contributed by atoms with Crippen molar-refractivity contribution in [3.63, 3.8) is 0 Å². The van der Waals surface area contributed by atoms with Gasteiger partial charge in [-0.25, -0.2) is 0 Å². The van der Waals surface area contributed by atoms with Crippen molar-refractivity contribution in [2.45, 2.75) is 26.3 Å². The van der Waals surface area contributed by atoms with E-state index < -0.39 is 11.7 Å². The Kier molecular flexibility index (Phi) is 7.94. The number of morpholine rings is 1. The summed E-state index contributed by atoms with van der Waals surface area (Å²) in [5.74, 6) is -2.01. The molecule has 0 spiro atoms. The molecule has 1 amide bonds. The van der Waals surface area contributed by atoms with E-state index in [4.69, 9.17) is 15.2 Å². The van der Waals surface area contributed by atoms with E-state index in [1.807, 2.05) is 60.0 Å². The van der Waals surface area contributed by atoms with Crippen LogP contribution in [0.1, 0.15) is 33.6 Å². The van der Waals surface area contributed by atoms with E-state index in [-0.39, 0.29) is 12.4 Å². The van der Waals surface area contributed by atoms with E-state index in [2.05, 4.69) is 4.90 Å². The minimum absolute atomic E-state index is 0.176. The van der Waals surface area contributed by atoms with Crippen molar-refractivity contribution in [1.82, 2.24) is 9.47 Å². The lowest BCUT2D eigenvalue weighted by Gasteiger charge is -2.26. The van der Waals surface area contributed by atoms with Gasteiger partial charge in [0, 0.05) is 49.2 Å². The molecule has 0 aliphatic carbocycles. The zero-order chi connectivity index (χ0) is 24.8. The van der Waals surface area contributed by atoms with Crippen molar-refractivity contribution in [2.75, 3.05) is 39.5 Å². The van der Waals surface area contributed by atoms with Gasteiger partial charge in [-0.05, 0) is 30.5 Å². The first-order chi connectivity index (χ1) is 17.0. The van der Waals surface area contributed by atoms with Gasteiger partial charge in [0.25, 0.3) is 11.7 Å². The molecule has 1 saturated heterocycles. The minimum Gasteiger partial charge on any atom is -0.464 e. The Bertz CT molecular complexity index is 1210. The predicted molar refractivity (Wildman–Crippen MR) is 132 cm³/mol. The van der Waals surface area contributed by atoms with Crippen molar-refractivity contribution < 1.29 is 23.9 Å². The van der Waals surface area contributed by atoms with E-state index in [1.54, 1.807) is 0 Å².